The van der Waals surface area contributed by atoms with Gasteiger partial charge in [-0.3, -0.25) is 19.2 Å². The maximum Gasteiger partial charge on any atom is 0.306 e. The number of hydrogen-bond donors (Lipinski definition) is 0. The molecule has 0 aliphatic heterocycles. The van der Waals surface area contributed by atoms with Crippen molar-refractivity contribution in [3.8, 4) is 11.5 Å². The van der Waals surface area contributed by atoms with Crippen LogP contribution in [0.3, 0.4) is 0 Å². The molecule has 0 saturated carbocycles. The zero-order valence-electron chi connectivity index (χ0n) is 18.8. The Kier molecular flexibility index (Phi) is 9.69. The number of amides is 1. The Morgan fingerprint density at radius 3 is 2.25 bits per heavy atom. The number of benzene rings is 2. The van der Waals surface area contributed by atoms with Gasteiger partial charge >= 0.3 is 5.97 Å². The highest BCUT2D eigenvalue weighted by atomic mass is 16.7. The second-order valence-electron chi connectivity index (χ2n) is 7.10. The largest absolute Gasteiger partial charge is 0.493 e. The monoisotopic (exact) mass is 443 g/mol. The number of methoxy groups -OCH3 is 2. The molecule has 0 spiro atoms. The Labute approximate surface area is 188 Å². The van der Waals surface area contributed by atoms with Gasteiger partial charge in [-0.2, -0.15) is 0 Å². The van der Waals surface area contributed by atoms with Gasteiger partial charge in [-0.15, -0.1) is 0 Å². The summed E-state index contributed by atoms with van der Waals surface area (Å²) in [5.41, 5.74) is 1.25. The Hall–Kier alpha value is -3.39. The highest BCUT2D eigenvalue weighted by Crippen LogP contribution is 2.29. The third kappa shape index (κ3) is 7.09. The van der Waals surface area contributed by atoms with E-state index in [4.69, 9.17) is 19.0 Å². The van der Waals surface area contributed by atoms with E-state index < -0.39 is 17.8 Å². The summed E-state index contributed by atoms with van der Waals surface area (Å²) in [5.74, 6) is -0.921. The average molecular weight is 443 g/mol. The van der Waals surface area contributed by atoms with Crippen molar-refractivity contribution >= 4 is 17.7 Å². The van der Waals surface area contributed by atoms with Crippen molar-refractivity contribution in [1.82, 2.24) is 5.06 Å². The highest BCUT2D eigenvalue weighted by Gasteiger charge is 2.27. The van der Waals surface area contributed by atoms with Crippen LogP contribution < -0.4 is 9.47 Å². The molecular weight excluding hydrogens is 414 g/mol. The second-order valence-corrected chi connectivity index (χ2v) is 7.10. The molecule has 0 aliphatic carbocycles. The molecule has 0 unspecified atom stereocenters. The standard InChI is InChI=1S/C24H29NO7/c1-25(31-4)24(28)19(11-13-23(27)32-16-17-8-6-5-7-9-17)14-20(26)18-10-12-21(29-2)22(15-18)30-3/h5-10,12,15,19H,11,13-14,16H2,1-4H3/t19-/m1/s1. The maximum atomic E-state index is 12.9. The van der Waals surface area contributed by atoms with E-state index in [9.17, 15) is 14.4 Å². The summed E-state index contributed by atoms with van der Waals surface area (Å²) in [6.07, 6.45) is 0.0627. The number of ether oxygens (including phenoxy) is 3. The molecule has 0 aromatic heterocycles. The molecule has 0 heterocycles. The Morgan fingerprint density at radius 1 is 0.938 bits per heavy atom. The van der Waals surface area contributed by atoms with E-state index in [1.807, 2.05) is 30.3 Å². The van der Waals surface area contributed by atoms with Crippen LogP contribution in [0.1, 0.15) is 35.2 Å². The second kappa shape index (κ2) is 12.5. The predicted octanol–water partition coefficient (Wildman–Crippen LogP) is 3.44. The van der Waals surface area contributed by atoms with Crippen LogP contribution >= 0.6 is 0 Å². The molecule has 172 valence electrons. The number of ketones is 1. The number of carbonyl (C=O) groups excluding carboxylic acids is 3. The van der Waals surface area contributed by atoms with Gasteiger partial charge in [0.1, 0.15) is 6.61 Å². The highest BCUT2D eigenvalue weighted by molar-refractivity contribution is 5.99. The van der Waals surface area contributed by atoms with Gasteiger partial charge in [0, 0.05) is 31.4 Å². The lowest BCUT2D eigenvalue weighted by Crippen LogP contribution is -2.33. The predicted molar refractivity (Wildman–Crippen MR) is 117 cm³/mol. The minimum atomic E-state index is -0.746. The fourth-order valence-corrected chi connectivity index (χ4v) is 3.11. The number of carbonyl (C=O) groups is 3. The van der Waals surface area contributed by atoms with E-state index in [1.54, 1.807) is 18.2 Å². The first-order valence-electron chi connectivity index (χ1n) is 10.2. The van der Waals surface area contributed by atoms with Crippen LogP contribution in [-0.2, 0) is 25.8 Å². The van der Waals surface area contributed by atoms with Crippen LogP contribution in [0.4, 0.5) is 0 Å². The molecule has 0 N–H and O–H groups in total. The molecule has 8 nitrogen and oxygen atoms in total. The van der Waals surface area contributed by atoms with Crippen LogP contribution in [0.15, 0.2) is 48.5 Å². The third-order valence-electron chi connectivity index (χ3n) is 5.01. The molecule has 0 aliphatic rings. The summed E-state index contributed by atoms with van der Waals surface area (Å²) >= 11 is 0. The van der Waals surface area contributed by atoms with Gasteiger partial charge in [0.15, 0.2) is 17.3 Å². The number of esters is 1. The topological polar surface area (TPSA) is 91.4 Å². The first-order chi connectivity index (χ1) is 15.4. The SMILES string of the molecule is COc1ccc(C(=O)C[C@@H](CCC(=O)OCc2ccccc2)C(=O)N(C)OC)cc1OC. The van der Waals surface area contributed by atoms with Crippen LogP contribution in [0, 0.1) is 5.92 Å². The van der Waals surface area contributed by atoms with E-state index in [1.165, 1.54) is 28.4 Å². The molecule has 0 saturated heterocycles. The molecule has 1 atom stereocenters. The van der Waals surface area contributed by atoms with Crippen molar-refractivity contribution in [1.29, 1.82) is 0 Å². The Morgan fingerprint density at radius 2 is 1.62 bits per heavy atom. The van der Waals surface area contributed by atoms with Crippen molar-refractivity contribution in [2.45, 2.75) is 25.9 Å². The molecule has 2 aromatic carbocycles. The maximum absolute atomic E-state index is 12.9. The van der Waals surface area contributed by atoms with Gasteiger partial charge in [0.25, 0.3) is 0 Å². The zero-order chi connectivity index (χ0) is 23.5. The number of hydrogen-bond acceptors (Lipinski definition) is 7. The summed E-state index contributed by atoms with van der Waals surface area (Å²) < 4.78 is 15.7. The van der Waals surface area contributed by atoms with Crippen LogP contribution in [0.2, 0.25) is 0 Å². The molecule has 2 aromatic rings. The van der Waals surface area contributed by atoms with E-state index in [0.717, 1.165) is 10.6 Å². The molecule has 0 fully saturated rings. The van der Waals surface area contributed by atoms with Crippen molar-refractivity contribution in [2.24, 2.45) is 5.92 Å². The number of nitrogens with zero attached hydrogens (tertiary/aromatic N) is 1. The van der Waals surface area contributed by atoms with Gasteiger partial charge in [-0.05, 0) is 30.2 Å². The van der Waals surface area contributed by atoms with Gasteiger partial charge in [0.05, 0.1) is 21.3 Å². The summed E-state index contributed by atoms with van der Waals surface area (Å²) in [4.78, 5) is 42.8. The first kappa shape index (κ1) is 24.9. The molecule has 1 amide bonds. The van der Waals surface area contributed by atoms with Crippen LogP contribution in [-0.4, -0.2) is 51.1 Å². The normalized spacial score (nSPS) is 11.4. The van der Waals surface area contributed by atoms with Gasteiger partial charge in [-0.1, -0.05) is 30.3 Å². The Balaban J connectivity index is 2.04. The van der Waals surface area contributed by atoms with E-state index >= 15 is 0 Å². The molecule has 8 heteroatoms. The summed E-state index contributed by atoms with van der Waals surface area (Å²) in [7, 11) is 5.81. The number of rotatable bonds is 12. The minimum Gasteiger partial charge on any atom is -0.493 e. The van der Waals surface area contributed by atoms with E-state index in [-0.39, 0.29) is 31.7 Å². The molecule has 2 rings (SSSR count). The van der Waals surface area contributed by atoms with Gasteiger partial charge in [0.2, 0.25) is 5.91 Å². The summed E-state index contributed by atoms with van der Waals surface area (Å²) in [6.45, 7) is 0.154. The van der Waals surface area contributed by atoms with Gasteiger partial charge in [-0.25, -0.2) is 5.06 Å². The lowest BCUT2D eigenvalue weighted by molar-refractivity contribution is -0.173. The van der Waals surface area contributed by atoms with Crippen LogP contribution in [0.25, 0.3) is 0 Å². The van der Waals surface area contributed by atoms with Crippen molar-refractivity contribution in [3.63, 3.8) is 0 Å². The molecule has 0 radical (unpaired) electrons. The lowest BCUT2D eigenvalue weighted by Gasteiger charge is -2.21. The number of Topliss-reactive ketones (excluding diaryl/α,β-unsaturated/α-hetero) is 1. The van der Waals surface area contributed by atoms with Crippen LogP contribution in [0.5, 0.6) is 11.5 Å². The molecule has 32 heavy (non-hydrogen) atoms. The summed E-state index contributed by atoms with van der Waals surface area (Å²) in [6, 6.07) is 14.1. The first-order valence-corrected chi connectivity index (χ1v) is 10.2. The minimum absolute atomic E-state index is 0.00000811. The van der Waals surface area contributed by atoms with Crippen molar-refractivity contribution in [3.05, 3.63) is 59.7 Å². The third-order valence-corrected chi connectivity index (χ3v) is 5.01. The molecule has 0 bridgehead atoms. The summed E-state index contributed by atoms with van der Waals surface area (Å²) in [5, 5.41) is 1.06. The fourth-order valence-electron chi connectivity index (χ4n) is 3.11. The van der Waals surface area contributed by atoms with E-state index in [0.29, 0.717) is 17.1 Å². The Bertz CT molecular complexity index is 914. The number of hydroxylamine groups is 2. The fraction of sp³-hybridized carbons (Fsp3) is 0.375. The quantitative estimate of drug-likeness (QED) is 0.282. The van der Waals surface area contributed by atoms with Gasteiger partial charge < -0.3 is 14.2 Å². The van der Waals surface area contributed by atoms with Crippen molar-refractivity contribution in [2.75, 3.05) is 28.4 Å². The molecular formula is C24H29NO7. The smallest absolute Gasteiger partial charge is 0.306 e. The van der Waals surface area contributed by atoms with E-state index in [2.05, 4.69) is 0 Å². The average Bonchev–Trinajstić information content (AvgIpc) is 2.84. The lowest BCUT2D eigenvalue weighted by atomic mass is 9.93. The zero-order valence-corrected chi connectivity index (χ0v) is 18.8. The van der Waals surface area contributed by atoms with Crippen molar-refractivity contribution < 1.29 is 33.4 Å².